The van der Waals surface area contributed by atoms with E-state index in [0.29, 0.717) is 31.8 Å². The number of amidine groups is 1. The molecule has 0 aromatic carbocycles. The highest BCUT2D eigenvalue weighted by Crippen LogP contribution is 2.39. The van der Waals surface area contributed by atoms with Gasteiger partial charge in [-0.15, -0.1) is 0 Å². The molecule has 0 saturated heterocycles. The lowest BCUT2D eigenvalue weighted by Gasteiger charge is -2.41. The summed E-state index contributed by atoms with van der Waals surface area (Å²) in [6, 6.07) is 2.41. The van der Waals surface area contributed by atoms with Gasteiger partial charge in [0.25, 0.3) is 0 Å². The zero-order valence-corrected chi connectivity index (χ0v) is 19.7. The Morgan fingerprint density at radius 3 is 2.76 bits per heavy atom. The third-order valence-corrected chi connectivity index (χ3v) is 6.96. The van der Waals surface area contributed by atoms with Crippen molar-refractivity contribution in [2.75, 3.05) is 18.0 Å². The molecule has 0 bridgehead atoms. The standard InChI is InChI=1S/C23H26F3N7S/c1-14(2)21-29-20(27)17-6-9-31(22-18(23(24,25)26)4-3-8-28-22)10-7-19(17)33(21)15-5-11-32-16(12-15)13-34-30-32/h3-5,8,11-14,21,30H,6-7,9-10H2,1-2H3,(H2,27,29). The van der Waals surface area contributed by atoms with Crippen LogP contribution < -0.4 is 15.5 Å². The lowest BCUT2D eigenvalue weighted by atomic mass is 9.99. The van der Waals surface area contributed by atoms with Gasteiger partial charge < -0.3 is 15.5 Å². The molecule has 180 valence electrons. The molecule has 4 aliphatic heterocycles. The second kappa shape index (κ2) is 8.70. The van der Waals surface area contributed by atoms with Gasteiger partial charge in [0.2, 0.25) is 0 Å². The Hall–Kier alpha value is -2.92. The number of aromatic nitrogens is 1. The summed E-state index contributed by atoms with van der Waals surface area (Å²) in [5.74, 6) is 0.615. The number of allylic oxidation sites excluding steroid dienone is 2. The van der Waals surface area contributed by atoms with Crippen LogP contribution >= 0.6 is 11.9 Å². The number of hydrogen-bond donors (Lipinski definition) is 2. The third kappa shape index (κ3) is 4.07. The number of pyridine rings is 1. The molecule has 0 saturated carbocycles. The Kier molecular flexibility index (Phi) is 5.85. The average Bonchev–Trinajstić information content (AvgIpc) is 3.15. The zero-order valence-electron chi connectivity index (χ0n) is 18.9. The molecule has 0 spiro atoms. The number of rotatable bonds is 3. The fourth-order valence-corrected chi connectivity index (χ4v) is 5.32. The van der Waals surface area contributed by atoms with Crippen molar-refractivity contribution in [3.63, 3.8) is 0 Å². The first kappa shape index (κ1) is 22.9. The maximum atomic E-state index is 13.7. The van der Waals surface area contributed by atoms with Crippen molar-refractivity contribution in [3.8, 4) is 0 Å². The SMILES string of the molecule is CC(C)C1N=C(N)C2=C(CCN(c3ncccc3C(F)(F)F)CC2)N1C1=CC2=CSNN2C=C1. The van der Waals surface area contributed by atoms with Gasteiger partial charge in [-0.2, -0.15) is 18.0 Å². The molecule has 4 aliphatic rings. The molecule has 1 unspecified atom stereocenters. The van der Waals surface area contributed by atoms with Crippen LogP contribution in [-0.2, 0) is 6.18 Å². The number of nitrogens with two attached hydrogens (primary N) is 1. The normalized spacial score (nSPS) is 22.9. The molecule has 1 aromatic rings. The average molecular weight is 490 g/mol. The number of halogens is 3. The second-order valence-electron chi connectivity index (χ2n) is 8.83. The molecule has 7 nitrogen and oxygen atoms in total. The smallest absolute Gasteiger partial charge is 0.384 e. The largest absolute Gasteiger partial charge is 0.419 e. The van der Waals surface area contributed by atoms with E-state index in [1.807, 2.05) is 22.7 Å². The Labute approximate surface area is 200 Å². The molecule has 34 heavy (non-hydrogen) atoms. The summed E-state index contributed by atoms with van der Waals surface area (Å²) in [7, 11) is 0. The second-order valence-corrected chi connectivity index (χ2v) is 9.49. The van der Waals surface area contributed by atoms with Crippen LogP contribution in [0.4, 0.5) is 19.0 Å². The Morgan fingerprint density at radius 1 is 1.21 bits per heavy atom. The highest BCUT2D eigenvalue weighted by Gasteiger charge is 2.38. The van der Waals surface area contributed by atoms with Crippen LogP contribution in [0.2, 0.25) is 0 Å². The quantitative estimate of drug-likeness (QED) is 0.613. The van der Waals surface area contributed by atoms with Gasteiger partial charge in [0, 0.05) is 54.3 Å². The highest BCUT2D eigenvalue weighted by molar-refractivity contribution is 8.00. The first-order valence-corrected chi connectivity index (χ1v) is 12.0. The molecule has 0 fully saturated rings. The zero-order chi connectivity index (χ0) is 24.0. The number of nitrogens with zero attached hydrogens (tertiary/aromatic N) is 5. The number of nitrogens with one attached hydrogen (secondary N) is 1. The van der Waals surface area contributed by atoms with E-state index in [0.717, 1.165) is 28.7 Å². The van der Waals surface area contributed by atoms with E-state index in [-0.39, 0.29) is 17.9 Å². The van der Waals surface area contributed by atoms with Crippen LogP contribution in [0.1, 0.15) is 32.3 Å². The summed E-state index contributed by atoms with van der Waals surface area (Å²) in [5, 5.41) is 3.96. The van der Waals surface area contributed by atoms with Gasteiger partial charge in [-0.3, -0.25) is 5.01 Å². The van der Waals surface area contributed by atoms with Crippen molar-refractivity contribution < 1.29 is 13.2 Å². The Bertz CT molecular complexity index is 1140. The van der Waals surface area contributed by atoms with E-state index in [2.05, 4.69) is 34.6 Å². The molecule has 0 aliphatic carbocycles. The highest BCUT2D eigenvalue weighted by atomic mass is 32.2. The maximum absolute atomic E-state index is 13.7. The molecule has 5 rings (SSSR count). The molecule has 1 aromatic heterocycles. The number of aliphatic imine (C=N–C) groups is 1. The molecule has 0 radical (unpaired) electrons. The number of fused-ring (bicyclic) bond motifs is 1. The van der Waals surface area contributed by atoms with Crippen LogP contribution in [0, 0.1) is 5.92 Å². The van der Waals surface area contributed by atoms with Gasteiger partial charge >= 0.3 is 6.18 Å². The summed E-state index contributed by atoms with van der Waals surface area (Å²) in [5.41, 5.74) is 9.63. The number of alkyl halides is 3. The van der Waals surface area contributed by atoms with Crippen LogP contribution in [0.25, 0.3) is 0 Å². The Morgan fingerprint density at radius 2 is 2.00 bits per heavy atom. The van der Waals surface area contributed by atoms with E-state index in [4.69, 9.17) is 10.7 Å². The van der Waals surface area contributed by atoms with Crippen LogP contribution in [0.15, 0.2) is 69.7 Å². The molecular formula is C23H26F3N7S. The van der Waals surface area contributed by atoms with Crippen LogP contribution in [0.5, 0.6) is 0 Å². The Balaban J connectivity index is 1.50. The lowest BCUT2D eigenvalue weighted by Crippen LogP contribution is -2.43. The summed E-state index contributed by atoms with van der Waals surface area (Å²) >= 11 is 1.50. The van der Waals surface area contributed by atoms with E-state index in [1.54, 1.807) is 4.90 Å². The minimum atomic E-state index is -4.47. The number of hydrogen-bond acceptors (Lipinski definition) is 8. The maximum Gasteiger partial charge on any atom is 0.419 e. The van der Waals surface area contributed by atoms with Crippen molar-refractivity contribution in [1.82, 2.24) is 19.7 Å². The van der Waals surface area contributed by atoms with Gasteiger partial charge in [-0.25, -0.2) is 9.98 Å². The third-order valence-electron chi connectivity index (χ3n) is 6.30. The van der Waals surface area contributed by atoms with Gasteiger partial charge in [-0.1, -0.05) is 13.8 Å². The lowest BCUT2D eigenvalue weighted by molar-refractivity contribution is -0.137. The summed E-state index contributed by atoms with van der Waals surface area (Å²) in [6.45, 7) is 4.97. The summed E-state index contributed by atoms with van der Waals surface area (Å²) in [4.78, 5) is 16.0. The van der Waals surface area contributed by atoms with E-state index >= 15 is 0 Å². The fourth-order valence-electron chi connectivity index (χ4n) is 4.69. The molecule has 0 amide bonds. The van der Waals surface area contributed by atoms with Crippen molar-refractivity contribution >= 4 is 23.6 Å². The van der Waals surface area contributed by atoms with Gasteiger partial charge in [-0.05, 0) is 48.6 Å². The summed E-state index contributed by atoms with van der Waals surface area (Å²) < 4.78 is 41.0. The molecule has 11 heteroatoms. The van der Waals surface area contributed by atoms with E-state index in [9.17, 15) is 13.2 Å². The van der Waals surface area contributed by atoms with Crippen LogP contribution in [-0.4, -0.2) is 40.0 Å². The molecule has 5 heterocycles. The van der Waals surface area contributed by atoms with Gasteiger partial charge in [0.15, 0.2) is 0 Å². The summed E-state index contributed by atoms with van der Waals surface area (Å²) in [6.07, 6.45) is 3.84. The molecule has 1 atom stereocenters. The minimum absolute atomic E-state index is 0.0380. The van der Waals surface area contributed by atoms with Crippen molar-refractivity contribution in [2.24, 2.45) is 16.6 Å². The van der Waals surface area contributed by atoms with Crippen LogP contribution in [0.3, 0.4) is 0 Å². The number of hydrazine groups is 1. The molecule has 3 N–H and O–H groups in total. The van der Waals surface area contributed by atoms with E-state index in [1.165, 1.54) is 24.2 Å². The first-order chi connectivity index (χ1) is 16.2. The van der Waals surface area contributed by atoms with Crippen molar-refractivity contribution in [2.45, 2.75) is 39.0 Å². The van der Waals surface area contributed by atoms with Crippen molar-refractivity contribution in [1.29, 1.82) is 0 Å². The minimum Gasteiger partial charge on any atom is -0.384 e. The van der Waals surface area contributed by atoms with Gasteiger partial charge in [0.05, 0.1) is 11.3 Å². The molecular weight excluding hydrogens is 463 g/mol. The van der Waals surface area contributed by atoms with Gasteiger partial charge in [0.1, 0.15) is 17.8 Å². The predicted molar refractivity (Wildman–Crippen MR) is 128 cm³/mol. The van der Waals surface area contributed by atoms with E-state index < -0.39 is 11.7 Å². The first-order valence-electron chi connectivity index (χ1n) is 11.2. The monoisotopic (exact) mass is 489 g/mol. The topological polar surface area (TPSA) is 73.0 Å². The van der Waals surface area contributed by atoms with Crippen molar-refractivity contribution in [3.05, 3.63) is 70.3 Å². The number of anilines is 1. The fraction of sp³-hybridized carbons (Fsp3) is 0.391. The predicted octanol–water partition coefficient (Wildman–Crippen LogP) is 4.33.